The Morgan fingerprint density at radius 2 is 1.96 bits per heavy atom. The van der Waals surface area contributed by atoms with Crippen LogP contribution in [0.4, 0.5) is 0 Å². The molecule has 1 amide bonds. The van der Waals surface area contributed by atoms with E-state index in [1.54, 1.807) is 4.90 Å². The highest BCUT2D eigenvalue weighted by Gasteiger charge is 2.56. The number of carbonyl (C=O) groups excluding carboxylic acids is 1. The fraction of sp³-hybridized carbons (Fsp3) is 0.632. The van der Waals surface area contributed by atoms with E-state index in [0.29, 0.717) is 13.2 Å². The molecule has 1 aliphatic carbocycles. The summed E-state index contributed by atoms with van der Waals surface area (Å²) in [5.74, 6) is -0.379. The molecule has 24 heavy (non-hydrogen) atoms. The molecule has 1 aromatic rings. The maximum Gasteiger partial charge on any atom is 0.254 e. The Kier molecular flexibility index (Phi) is 4.33. The molecule has 0 bridgehead atoms. The van der Waals surface area contributed by atoms with Crippen molar-refractivity contribution in [2.75, 3.05) is 13.7 Å². The lowest BCUT2D eigenvalue weighted by Crippen LogP contribution is -2.36. The van der Waals surface area contributed by atoms with Crippen LogP contribution in [0, 0.1) is 0 Å². The van der Waals surface area contributed by atoms with Crippen LogP contribution in [0.3, 0.4) is 0 Å². The first-order valence-electron chi connectivity index (χ1n) is 8.93. The lowest BCUT2D eigenvalue weighted by atomic mass is 9.94. The van der Waals surface area contributed by atoms with Gasteiger partial charge < -0.3 is 19.1 Å². The minimum absolute atomic E-state index is 0.0250. The Morgan fingerprint density at radius 1 is 1.21 bits per heavy atom. The number of ether oxygens (including phenoxy) is 3. The van der Waals surface area contributed by atoms with Gasteiger partial charge in [0.2, 0.25) is 0 Å². The van der Waals surface area contributed by atoms with Gasteiger partial charge in [-0.15, -0.1) is 0 Å². The van der Waals surface area contributed by atoms with Crippen LogP contribution in [-0.4, -0.2) is 48.6 Å². The molecule has 0 aromatic heterocycles. The molecule has 0 radical (unpaired) electrons. The van der Waals surface area contributed by atoms with Gasteiger partial charge in [-0.1, -0.05) is 36.8 Å². The lowest BCUT2D eigenvalue weighted by Gasteiger charge is -2.31. The van der Waals surface area contributed by atoms with E-state index < -0.39 is 5.79 Å². The number of carbonyl (C=O) groups is 1. The Balaban J connectivity index is 1.30. The van der Waals surface area contributed by atoms with Crippen molar-refractivity contribution in [1.82, 2.24) is 4.90 Å². The largest absolute Gasteiger partial charge is 0.356 e. The average molecular weight is 331 g/mol. The topological polar surface area (TPSA) is 51.3 Å². The van der Waals surface area contributed by atoms with Gasteiger partial charge in [0.05, 0.1) is 6.61 Å². The quantitative estimate of drug-likeness (QED) is 0.796. The summed E-state index contributed by atoms with van der Waals surface area (Å²) >= 11 is 0. The third-order valence-electron chi connectivity index (χ3n) is 5.27. The standard InChI is InChI=1S/C19H25NO4/c1-20(12-14-8-4-2-5-9-14)18(21)17-16(23-17)15-13-22-19(24-15)10-6-3-7-11-19/h2,4-5,8-9,15-17H,3,6-7,10-13H2,1H3/t15-,16+,17-/m1/s1. The summed E-state index contributed by atoms with van der Waals surface area (Å²) in [5.41, 5.74) is 1.12. The predicted molar refractivity (Wildman–Crippen MR) is 88.2 cm³/mol. The molecule has 5 nitrogen and oxygen atoms in total. The van der Waals surface area contributed by atoms with Gasteiger partial charge in [-0.3, -0.25) is 4.79 Å². The Morgan fingerprint density at radius 3 is 2.71 bits per heavy atom. The third kappa shape index (κ3) is 3.21. The maximum atomic E-state index is 12.5. The highest BCUT2D eigenvalue weighted by Crippen LogP contribution is 2.42. The van der Waals surface area contributed by atoms with Crippen LogP contribution in [0.2, 0.25) is 0 Å². The highest BCUT2D eigenvalue weighted by molar-refractivity contribution is 5.83. The zero-order chi connectivity index (χ0) is 16.6. The van der Waals surface area contributed by atoms with E-state index in [0.717, 1.165) is 31.2 Å². The van der Waals surface area contributed by atoms with Crippen LogP contribution in [0.1, 0.15) is 37.7 Å². The molecule has 1 saturated carbocycles. The van der Waals surface area contributed by atoms with Crippen LogP contribution in [0.5, 0.6) is 0 Å². The van der Waals surface area contributed by atoms with Crippen LogP contribution in [0.25, 0.3) is 0 Å². The molecule has 2 aliphatic heterocycles. The minimum Gasteiger partial charge on any atom is -0.356 e. The van der Waals surface area contributed by atoms with Crippen molar-refractivity contribution >= 4 is 5.91 Å². The second-order valence-corrected chi connectivity index (χ2v) is 7.14. The number of hydrogen-bond acceptors (Lipinski definition) is 4. The van der Waals surface area contributed by atoms with Crippen molar-refractivity contribution in [2.45, 2.75) is 62.7 Å². The molecule has 5 heteroatoms. The average Bonchev–Trinajstić information content (AvgIpc) is 3.31. The molecule has 2 saturated heterocycles. The molecule has 3 aliphatic rings. The van der Waals surface area contributed by atoms with E-state index in [-0.39, 0.29) is 24.2 Å². The lowest BCUT2D eigenvalue weighted by molar-refractivity contribution is -0.188. The van der Waals surface area contributed by atoms with Crippen molar-refractivity contribution in [3.8, 4) is 0 Å². The molecule has 0 unspecified atom stereocenters. The second kappa shape index (κ2) is 6.47. The Bertz CT molecular complexity index is 584. The van der Waals surface area contributed by atoms with Crippen LogP contribution in [-0.2, 0) is 25.5 Å². The van der Waals surface area contributed by atoms with Crippen molar-refractivity contribution in [1.29, 1.82) is 0 Å². The molecule has 3 fully saturated rings. The molecular formula is C19H25NO4. The van der Waals surface area contributed by atoms with E-state index in [1.807, 2.05) is 37.4 Å². The zero-order valence-corrected chi connectivity index (χ0v) is 14.1. The molecule has 1 spiro atoms. The number of rotatable bonds is 4. The van der Waals surface area contributed by atoms with Gasteiger partial charge >= 0.3 is 0 Å². The molecule has 130 valence electrons. The molecule has 4 rings (SSSR count). The summed E-state index contributed by atoms with van der Waals surface area (Å²) in [4.78, 5) is 14.3. The molecule has 1 aromatic carbocycles. The maximum absolute atomic E-state index is 12.5. The van der Waals surface area contributed by atoms with E-state index in [4.69, 9.17) is 14.2 Å². The fourth-order valence-corrected chi connectivity index (χ4v) is 3.85. The first-order valence-corrected chi connectivity index (χ1v) is 8.93. The molecule has 2 heterocycles. The van der Waals surface area contributed by atoms with Crippen molar-refractivity contribution in [3.05, 3.63) is 35.9 Å². The van der Waals surface area contributed by atoms with Gasteiger partial charge in [0, 0.05) is 26.4 Å². The van der Waals surface area contributed by atoms with Gasteiger partial charge in [-0.25, -0.2) is 0 Å². The van der Waals surface area contributed by atoms with Crippen LogP contribution >= 0.6 is 0 Å². The summed E-state index contributed by atoms with van der Waals surface area (Å²) in [6.45, 7) is 1.13. The summed E-state index contributed by atoms with van der Waals surface area (Å²) in [7, 11) is 1.82. The number of amides is 1. The fourth-order valence-electron chi connectivity index (χ4n) is 3.85. The van der Waals surface area contributed by atoms with E-state index in [9.17, 15) is 4.79 Å². The number of epoxide rings is 1. The smallest absolute Gasteiger partial charge is 0.254 e. The summed E-state index contributed by atoms with van der Waals surface area (Å²) in [6.07, 6.45) is 4.83. The summed E-state index contributed by atoms with van der Waals surface area (Å²) in [5, 5.41) is 0. The summed E-state index contributed by atoms with van der Waals surface area (Å²) in [6, 6.07) is 9.99. The normalized spacial score (nSPS) is 31.1. The van der Waals surface area contributed by atoms with Crippen LogP contribution < -0.4 is 0 Å². The van der Waals surface area contributed by atoms with Crippen molar-refractivity contribution in [2.24, 2.45) is 0 Å². The van der Waals surface area contributed by atoms with E-state index in [1.165, 1.54) is 6.42 Å². The minimum atomic E-state index is -0.404. The second-order valence-electron chi connectivity index (χ2n) is 7.14. The van der Waals surface area contributed by atoms with Gasteiger partial charge in [0.15, 0.2) is 11.9 Å². The molecule has 0 N–H and O–H groups in total. The number of nitrogens with zero attached hydrogens (tertiary/aromatic N) is 1. The monoisotopic (exact) mass is 331 g/mol. The van der Waals surface area contributed by atoms with Gasteiger partial charge in [0.1, 0.15) is 12.2 Å². The van der Waals surface area contributed by atoms with Crippen LogP contribution in [0.15, 0.2) is 30.3 Å². The first kappa shape index (κ1) is 16.1. The van der Waals surface area contributed by atoms with Gasteiger partial charge in [-0.2, -0.15) is 0 Å². The first-order chi connectivity index (χ1) is 11.7. The SMILES string of the molecule is CN(Cc1ccccc1)C(=O)[C@@H]1O[C@H]1[C@H]1COC2(CCCCC2)O1. The van der Waals surface area contributed by atoms with Gasteiger partial charge in [-0.05, 0) is 18.4 Å². The number of likely N-dealkylation sites (N-methyl/N-ethyl adjacent to an activating group) is 1. The number of benzene rings is 1. The summed E-state index contributed by atoms with van der Waals surface area (Å²) < 4.78 is 17.8. The zero-order valence-electron chi connectivity index (χ0n) is 14.1. The van der Waals surface area contributed by atoms with Crippen molar-refractivity contribution in [3.63, 3.8) is 0 Å². The Hall–Kier alpha value is -1.43. The Labute approximate surface area is 142 Å². The molecular weight excluding hydrogens is 306 g/mol. The third-order valence-corrected chi connectivity index (χ3v) is 5.27. The highest BCUT2D eigenvalue weighted by atomic mass is 16.8. The predicted octanol–water partition coefficient (Wildman–Crippen LogP) is 2.49. The van der Waals surface area contributed by atoms with Crippen molar-refractivity contribution < 1.29 is 19.0 Å². The van der Waals surface area contributed by atoms with E-state index in [2.05, 4.69) is 0 Å². The number of hydrogen-bond donors (Lipinski definition) is 0. The van der Waals surface area contributed by atoms with Gasteiger partial charge in [0.25, 0.3) is 5.91 Å². The molecule has 3 atom stereocenters. The van der Waals surface area contributed by atoms with E-state index >= 15 is 0 Å².